The van der Waals surface area contributed by atoms with E-state index in [1.165, 1.54) is 250 Å². The lowest BCUT2D eigenvalue weighted by Crippen LogP contribution is -2.37. The number of allylic oxidation sites excluding steroid dienone is 18. The van der Waals surface area contributed by atoms with E-state index in [0.717, 1.165) is 89.9 Å². The summed E-state index contributed by atoms with van der Waals surface area (Å²) >= 11 is 0. The van der Waals surface area contributed by atoms with E-state index in [9.17, 15) is 19.0 Å². The predicted octanol–water partition coefficient (Wildman–Crippen LogP) is 26.5. The number of likely N-dealkylation sites (N-methyl/N-ethyl adjacent to an activating group) is 1. The van der Waals surface area contributed by atoms with Crippen LogP contribution in [0.1, 0.15) is 373 Å². The first kappa shape index (κ1) is 92.7. The van der Waals surface area contributed by atoms with Gasteiger partial charge in [-0.1, -0.05) is 367 Å². The Bertz CT molecular complexity index is 1990. The first-order valence-electron chi connectivity index (χ1n) is 40.6. The first-order chi connectivity index (χ1) is 47.0. The molecule has 0 spiro atoms. The minimum absolute atomic E-state index is 0.0314. The second kappa shape index (κ2) is 75.9. The zero-order valence-electron chi connectivity index (χ0n) is 63.6. The fraction of sp³-hybridized carbons (Fsp3) is 0.767. The van der Waals surface area contributed by atoms with Crippen LogP contribution in [-0.2, 0) is 32.7 Å². The van der Waals surface area contributed by atoms with E-state index in [1.54, 1.807) is 0 Å². The van der Waals surface area contributed by atoms with Gasteiger partial charge in [0.25, 0.3) is 7.82 Å². The molecule has 0 fully saturated rings. The molecule has 0 aliphatic rings. The minimum atomic E-state index is -4.65. The van der Waals surface area contributed by atoms with Crippen LogP contribution in [0.3, 0.4) is 0 Å². The Morgan fingerprint density at radius 2 is 0.594 bits per heavy atom. The topological polar surface area (TPSA) is 111 Å². The highest BCUT2D eigenvalue weighted by Crippen LogP contribution is 2.38. The summed E-state index contributed by atoms with van der Waals surface area (Å²) < 4.78 is 34.4. The fourth-order valence-corrected chi connectivity index (χ4v) is 12.3. The summed E-state index contributed by atoms with van der Waals surface area (Å²) in [5.74, 6) is -0.818. The lowest BCUT2D eigenvalue weighted by molar-refractivity contribution is -0.870. The second-order valence-electron chi connectivity index (χ2n) is 28.4. The third kappa shape index (κ3) is 79.7. The van der Waals surface area contributed by atoms with E-state index in [-0.39, 0.29) is 32.0 Å². The number of esters is 2. The van der Waals surface area contributed by atoms with Crippen LogP contribution in [0.25, 0.3) is 0 Å². The number of unbranched alkanes of at least 4 members (excludes halogenated alkanes) is 43. The molecule has 10 heteroatoms. The van der Waals surface area contributed by atoms with Crippen LogP contribution in [0.4, 0.5) is 0 Å². The molecule has 0 N–H and O–H groups in total. The Labute approximate surface area is 595 Å². The maximum atomic E-state index is 12.9. The summed E-state index contributed by atoms with van der Waals surface area (Å²) in [5.41, 5.74) is 0. The number of nitrogens with zero attached hydrogens (tertiary/aromatic N) is 1. The van der Waals surface area contributed by atoms with Crippen molar-refractivity contribution in [2.45, 2.75) is 380 Å². The summed E-state index contributed by atoms with van der Waals surface area (Å²) in [5, 5.41) is 0. The highest BCUT2D eigenvalue weighted by molar-refractivity contribution is 7.45. The molecule has 0 saturated heterocycles. The van der Waals surface area contributed by atoms with E-state index in [1.807, 2.05) is 21.1 Å². The Morgan fingerprint density at radius 1 is 0.333 bits per heavy atom. The molecule has 2 unspecified atom stereocenters. The van der Waals surface area contributed by atoms with Crippen LogP contribution in [0.5, 0.6) is 0 Å². The van der Waals surface area contributed by atoms with Crippen LogP contribution in [0.15, 0.2) is 109 Å². The number of hydrogen-bond acceptors (Lipinski definition) is 8. The van der Waals surface area contributed by atoms with Crippen molar-refractivity contribution in [1.82, 2.24) is 0 Å². The van der Waals surface area contributed by atoms with Crippen molar-refractivity contribution in [3.05, 3.63) is 109 Å². The number of carbonyl (C=O) groups is 2. The third-order valence-electron chi connectivity index (χ3n) is 17.8. The van der Waals surface area contributed by atoms with Gasteiger partial charge in [-0.2, -0.15) is 0 Å². The first-order valence-corrected chi connectivity index (χ1v) is 42.1. The molecule has 0 aliphatic carbocycles. The number of phosphoric acid groups is 1. The van der Waals surface area contributed by atoms with Gasteiger partial charge in [-0.05, 0) is 103 Å². The molecule has 0 aliphatic heterocycles. The van der Waals surface area contributed by atoms with Gasteiger partial charge in [0.2, 0.25) is 0 Å². The minimum Gasteiger partial charge on any atom is -0.756 e. The van der Waals surface area contributed by atoms with Gasteiger partial charge in [0.15, 0.2) is 6.10 Å². The molecule has 2 atom stereocenters. The van der Waals surface area contributed by atoms with E-state index >= 15 is 0 Å². The average Bonchev–Trinajstić information content (AvgIpc) is 2.54. The zero-order chi connectivity index (χ0) is 69.7. The van der Waals surface area contributed by atoms with Crippen LogP contribution < -0.4 is 4.89 Å². The van der Waals surface area contributed by atoms with Crippen molar-refractivity contribution >= 4 is 19.8 Å². The van der Waals surface area contributed by atoms with Crippen molar-refractivity contribution in [3.63, 3.8) is 0 Å². The molecule has 0 aromatic carbocycles. The molecule has 0 radical (unpaired) electrons. The lowest BCUT2D eigenvalue weighted by atomic mass is 10.0. The van der Waals surface area contributed by atoms with Crippen molar-refractivity contribution in [2.75, 3.05) is 47.5 Å². The Hall–Kier alpha value is -3.33. The third-order valence-corrected chi connectivity index (χ3v) is 18.7. The molecular weight excluding hydrogens is 1210 g/mol. The van der Waals surface area contributed by atoms with Crippen molar-refractivity contribution in [2.24, 2.45) is 0 Å². The van der Waals surface area contributed by atoms with Crippen molar-refractivity contribution < 1.29 is 42.1 Å². The summed E-state index contributed by atoms with van der Waals surface area (Å²) in [4.78, 5) is 38.2. The van der Waals surface area contributed by atoms with Crippen molar-refractivity contribution in [1.29, 1.82) is 0 Å². The van der Waals surface area contributed by atoms with E-state index in [0.29, 0.717) is 17.4 Å². The highest BCUT2D eigenvalue weighted by Gasteiger charge is 2.22. The van der Waals surface area contributed by atoms with E-state index in [2.05, 4.69) is 123 Å². The molecule has 0 rings (SSSR count). The highest BCUT2D eigenvalue weighted by atomic mass is 31.2. The molecule has 0 bridgehead atoms. The quantitative estimate of drug-likeness (QED) is 0.0195. The Morgan fingerprint density at radius 3 is 0.885 bits per heavy atom. The average molecular weight is 1360 g/mol. The number of phosphoric ester groups is 1. The SMILES string of the molecule is CC/C=C\C/C=C\C/C=C\C/C=C\C/C=C\C/C=C\CCCCCCCCCCCCCCCCCCCCCCCCC(=O)OC(COC(=O)CCCCCCCCCCCCCCCCCC/C=C\C/C=C\C/C=C\CCCCCCC)COP(=O)([O-])OCC[N+](C)(C)C. The van der Waals surface area contributed by atoms with E-state index < -0.39 is 26.5 Å². The number of carbonyl (C=O) groups excluding carboxylic acids is 2. The number of quaternary nitrogens is 1. The van der Waals surface area contributed by atoms with Crippen LogP contribution >= 0.6 is 7.82 Å². The van der Waals surface area contributed by atoms with Gasteiger partial charge in [0.1, 0.15) is 19.8 Å². The summed E-state index contributed by atoms with van der Waals surface area (Å²) in [6.07, 6.45) is 108. The Balaban J connectivity index is 3.93. The monoisotopic (exact) mass is 1360 g/mol. The van der Waals surface area contributed by atoms with Gasteiger partial charge in [-0.3, -0.25) is 14.2 Å². The normalized spacial score (nSPS) is 13.6. The number of ether oxygens (including phenoxy) is 2. The summed E-state index contributed by atoms with van der Waals surface area (Å²) in [7, 11) is 1.18. The second-order valence-corrected chi connectivity index (χ2v) is 29.8. The summed E-state index contributed by atoms with van der Waals surface area (Å²) in [6, 6.07) is 0. The van der Waals surface area contributed by atoms with Gasteiger partial charge in [0.05, 0.1) is 27.7 Å². The van der Waals surface area contributed by atoms with Gasteiger partial charge < -0.3 is 27.9 Å². The fourth-order valence-electron chi connectivity index (χ4n) is 11.6. The van der Waals surface area contributed by atoms with Gasteiger partial charge in [-0.15, -0.1) is 0 Å². The van der Waals surface area contributed by atoms with Gasteiger partial charge in [0, 0.05) is 12.8 Å². The van der Waals surface area contributed by atoms with Crippen LogP contribution in [0, 0.1) is 0 Å². The molecule has 96 heavy (non-hydrogen) atoms. The Kier molecular flexibility index (Phi) is 73.2. The molecule has 0 aromatic heterocycles. The maximum Gasteiger partial charge on any atom is 0.306 e. The maximum absolute atomic E-state index is 12.9. The molecule has 0 heterocycles. The molecule has 0 aromatic rings. The molecule has 9 nitrogen and oxygen atoms in total. The smallest absolute Gasteiger partial charge is 0.306 e. The molecular formula is C86H154NO8P. The predicted molar refractivity (Wildman–Crippen MR) is 415 cm³/mol. The van der Waals surface area contributed by atoms with Gasteiger partial charge >= 0.3 is 11.9 Å². The van der Waals surface area contributed by atoms with Crippen LogP contribution in [0.2, 0.25) is 0 Å². The zero-order valence-corrected chi connectivity index (χ0v) is 64.5. The van der Waals surface area contributed by atoms with Crippen LogP contribution in [-0.4, -0.2) is 70.0 Å². The summed E-state index contributed by atoms with van der Waals surface area (Å²) in [6.45, 7) is 4.16. The lowest BCUT2D eigenvalue weighted by Gasteiger charge is -2.28. The number of hydrogen-bond donors (Lipinski definition) is 0. The molecule has 556 valence electrons. The molecule has 0 amide bonds. The molecule has 0 saturated carbocycles. The standard InChI is InChI=1S/C86H154NO8P/c1-6-8-10-12-14-16-18-20-22-24-26-28-30-32-34-36-38-39-40-41-42-43-44-45-46-47-49-51-53-55-57-59-61-63-65-67-69-71-73-75-77-79-86(89)95-84(83-94-96(90,91)93-81-80-87(3,4)5)82-92-85(88)78-76-74-72-70-68-66-64-62-60-58-56-54-52-50-48-37-35-33-31-29-27-25-23-21-19-17-15-13-11-9-7-2/h8,10,14,16,19-22,25-28,31-34,38-39,84H,6-7,9,11-13,15,17-18,23-24,29-30,35-37,40-83H2,1-5H3/b10-8-,16-14-,21-19-,22-20-,27-25-,28-26-,33-31-,34-32-,39-38-. The number of rotatable bonds is 75. The largest absolute Gasteiger partial charge is 0.756 e. The van der Waals surface area contributed by atoms with Gasteiger partial charge in [-0.25, -0.2) is 0 Å². The van der Waals surface area contributed by atoms with E-state index in [4.69, 9.17) is 18.5 Å². The van der Waals surface area contributed by atoms with Crippen molar-refractivity contribution in [3.8, 4) is 0 Å².